The fourth-order valence-corrected chi connectivity index (χ4v) is 3.25. The van der Waals surface area contributed by atoms with Crippen molar-refractivity contribution in [3.8, 4) is 5.75 Å². The van der Waals surface area contributed by atoms with Gasteiger partial charge in [-0.2, -0.15) is 0 Å². The minimum Gasteiger partial charge on any atom is -0.490 e. The molecule has 1 atom stereocenters. The Morgan fingerprint density at radius 2 is 2.15 bits per heavy atom. The van der Waals surface area contributed by atoms with Crippen LogP contribution in [-0.2, 0) is 6.42 Å². The number of rotatable bonds is 6. The Morgan fingerprint density at radius 1 is 1.45 bits per heavy atom. The van der Waals surface area contributed by atoms with Crippen molar-refractivity contribution >= 4 is 17.3 Å². The smallest absolute Gasteiger partial charge is 0.311 e. The van der Waals surface area contributed by atoms with Crippen molar-refractivity contribution in [1.82, 2.24) is 0 Å². The molecule has 0 aromatic heterocycles. The third kappa shape index (κ3) is 3.63. The van der Waals surface area contributed by atoms with E-state index in [-0.39, 0.29) is 11.1 Å². The SMILES string of the molecule is COc1ccc(CCC(Cl)C2CCCC2)cc1[N+](=O)[O-]. The highest BCUT2D eigenvalue weighted by atomic mass is 35.5. The Morgan fingerprint density at radius 3 is 2.75 bits per heavy atom. The van der Waals surface area contributed by atoms with Crippen molar-refractivity contribution in [2.24, 2.45) is 5.92 Å². The maximum atomic E-state index is 11.0. The van der Waals surface area contributed by atoms with Crippen LogP contribution in [0.15, 0.2) is 18.2 Å². The minimum atomic E-state index is -0.405. The van der Waals surface area contributed by atoms with Crippen LogP contribution in [0.2, 0.25) is 0 Å². The van der Waals surface area contributed by atoms with Gasteiger partial charge in [0.05, 0.1) is 12.0 Å². The summed E-state index contributed by atoms with van der Waals surface area (Å²) in [6, 6.07) is 5.13. The van der Waals surface area contributed by atoms with E-state index in [2.05, 4.69) is 0 Å². The average molecular weight is 298 g/mol. The summed E-state index contributed by atoms with van der Waals surface area (Å²) >= 11 is 6.44. The molecule has 0 N–H and O–H groups in total. The van der Waals surface area contributed by atoms with Crippen molar-refractivity contribution < 1.29 is 9.66 Å². The number of hydrogen-bond acceptors (Lipinski definition) is 3. The second-order valence-electron chi connectivity index (χ2n) is 5.36. The Bertz CT molecular complexity index is 472. The van der Waals surface area contributed by atoms with Crippen molar-refractivity contribution in [3.63, 3.8) is 0 Å². The molecule has 1 unspecified atom stereocenters. The minimum absolute atomic E-state index is 0.0250. The monoisotopic (exact) mass is 297 g/mol. The van der Waals surface area contributed by atoms with Crippen LogP contribution in [0.1, 0.15) is 37.7 Å². The van der Waals surface area contributed by atoms with Gasteiger partial charge in [-0.15, -0.1) is 11.6 Å². The van der Waals surface area contributed by atoms with Crippen LogP contribution in [0, 0.1) is 16.0 Å². The number of benzene rings is 1. The van der Waals surface area contributed by atoms with E-state index < -0.39 is 4.92 Å². The van der Waals surface area contributed by atoms with E-state index in [1.54, 1.807) is 12.1 Å². The molecular formula is C15H20ClNO3. The largest absolute Gasteiger partial charge is 0.490 e. The standard InChI is InChI=1S/C15H20ClNO3/c1-20-15-9-7-11(10-14(15)17(18)19)6-8-13(16)12-4-2-3-5-12/h7,9-10,12-13H,2-6,8H2,1H3. The molecular weight excluding hydrogens is 278 g/mol. The van der Waals surface area contributed by atoms with Crippen LogP contribution in [0.25, 0.3) is 0 Å². The average Bonchev–Trinajstić information content (AvgIpc) is 2.98. The van der Waals surface area contributed by atoms with Gasteiger partial charge in [0.25, 0.3) is 0 Å². The number of halogens is 1. The summed E-state index contributed by atoms with van der Waals surface area (Å²) in [6.45, 7) is 0. The van der Waals surface area contributed by atoms with Gasteiger partial charge < -0.3 is 4.74 Å². The van der Waals surface area contributed by atoms with Crippen molar-refractivity contribution in [2.75, 3.05) is 7.11 Å². The number of ether oxygens (including phenoxy) is 1. The Kier molecular flexibility index (Phi) is 5.24. The van der Waals surface area contributed by atoms with Crippen LogP contribution in [0.3, 0.4) is 0 Å². The van der Waals surface area contributed by atoms with Gasteiger partial charge in [0.1, 0.15) is 0 Å². The Hall–Kier alpha value is -1.29. The molecule has 1 fully saturated rings. The topological polar surface area (TPSA) is 52.4 Å². The number of nitro benzene ring substituents is 1. The maximum Gasteiger partial charge on any atom is 0.311 e. The van der Waals surface area contributed by atoms with Gasteiger partial charge in [-0.25, -0.2) is 0 Å². The molecule has 0 heterocycles. The highest BCUT2D eigenvalue weighted by Gasteiger charge is 2.23. The highest BCUT2D eigenvalue weighted by Crippen LogP contribution is 2.33. The van der Waals surface area contributed by atoms with E-state index in [1.807, 2.05) is 6.07 Å². The molecule has 1 aromatic rings. The number of methoxy groups -OCH3 is 1. The molecule has 0 aliphatic heterocycles. The van der Waals surface area contributed by atoms with E-state index in [0.29, 0.717) is 11.7 Å². The zero-order valence-corrected chi connectivity index (χ0v) is 12.4. The Labute approximate surface area is 124 Å². The van der Waals surface area contributed by atoms with E-state index in [1.165, 1.54) is 32.8 Å². The molecule has 110 valence electrons. The molecule has 1 aromatic carbocycles. The van der Waals surface area contributed by atoms with Gasteiger partial charge in [-0.05, 0) is 43.2 Å². The van der Waals surface area contributed by atoms with Crippen molar-refractivity contribution in [1.29, 1.82) is 0 Å². The van der Waals surface area contributed by atoms with Crippen molar-refractivity contribution in [3.05, 3.63) is 33.9 Å². The third-order valence-corrected chi connectivity index (χ3v) is 4.63. The van der Waals surface area contributed by atoms with Crippen molar-refractivity contribution in [2.45, 2.75) is 43.9 Å². The third-order valence-electron chi connectivity index (χ3n) is 4.06. The summed E-state index contributed by atoms with van der Waals surface area (Å²) in [4.78, 5) is 10.6. The van der Waals surface area contributed by atoms with Crippen LogP contribution in [0.5, 0.6) is 5.75 Å². The lowest BCUT2D eigenvalue weighted by Crippen LogP contribution is -2.12. The quantitative estimate of drug-likeness (QED) is 0.446. The molecule has 1 saturated carbocycles. The predicted octanol–water partition coefficient (Wildman–Crippen LogP) is 4.33. The fourth-order valence-electron chi connectivity index (χ4n) is 2.89. The maximum absolute atomic E-state index is 11.0. The van der Waals surface area contributed by atoms with Crippen LogP contribution in [0.4, 0.5) is 5.69 Å². The van der Waals surface area contributed by atoms with E-state index in [0.717, 1.165) is 18.4 Å². The number of nitrogens with zero attached hydrogens (tertiary/aromatic N) is 1. The van der Waals surface area contributed by atoms with E-state index >= 15 is 0 Å². The number of aryl methyl sites for hydroxylation is 1. The summed E-state index contributed by atoms with van der Waals surface area (Å²) in [5.41, 5.74) is 0.970. The highest BCUT2D eigenvalue weighted by molar-refractivity contribution is 6.20. The molecule has 0 radical (unpaired) electrons. The number of hydrogen-bond donors (Lipinski definition) is 0. The first-order chi connectivity index (χ1) is 9.61. The molecule has 20 heavy (non-hydrogen) atoms. The lowest BCUT2D eigenvalue weighted by molar-refractivity contribution is -0.385. The molecule has 0 saturated heterocycles. The van der Waals surface area contributed by atoms with Crippen LogP contribution in [-0.4, -0.2) is 17.4 Å². The Balaban J connectivity index is 1.98. The zero-order valence-electron chi connectivity index (χ0n) is 11.7. The molecule has 4 nitrogen and oxygen atoms in total. The summed E-state index contributed by atoms with van der Waals surface area (Å²) in [5.74, 6) is 0.918. The fraction of sp³-hybridized carbons (Fsp3) is 0.600. The molecule has 0 spiro atoms. The normalized spacial score (nSPS) is 17.1. The summed E-state index contributed by atoms with van der Waals surface area (Å²) in [6.07, 6.45) is 6.64. The zero-order chi connectivity index (χ0) is 14.5. The summed E-state index contributed by atoms with van der Waals surface area (Å²) in [5, 5.41) is 11.2. The summed E-state index contributed by atoms with van der Waals surface area (Å²) < 4.78 is 5.00. The first-order valence-corrected chi connectivity index (χ1v) is 7.51. The first kappa shape index (κ1) is 15.1. The first-order valence-electron chi connectivity index (χ1n) is 7.07. The van der Waals surface area contributed by atoms with Gasteiger partial charge in [0, 0.05) is 11.4 Å². The molecule has 1 aliphatic rings. The van der Waals surface area contributed by atoms with Gasteiger partial charge in [-0.3, -0.25) is 10.1 Å². The van der Waals surface area contributed by atoms with Gasteiger partial charge in [0.15, 0.2) is 5.75 Å². The van der Waals surface area contributed by atoms with E-state index in [9.17, 15) is 10.1 Å². The number of alkyl halides is 1. The predicted molar refractivity (Wildman–Crippen MR) is 79.6 cm³/mol. The number of nitro groups is 1. The van der Waals surface area contributed by atoms with Gasteiger partial charge in [-0.1, -0.05) is 18.9 Å². The van der Waals surface area contributed by atoms with Crippen LogP contribution < -0.4 is 4.74 Å². The molecule has 1 aliphatic carbocycles. The summed E-state index contributed by atoms with van der Waals surface area (Å²) in [7, 11) is 1.44. The second-order valence-corrected chi connectivity index (χ2v) is 5.92. The lowest BCUT2D eigenvalue weighted by Gasteiger charge is -2.16. The second kappa shape index (κ2) is 6.93. The van der Waals surface area contributed by atoms with E-state index in [4.69, 9.17) is 16.3 Å². The molecule has 0 bridgehead atoms. The molecule has 0 amide bonds. The molecule has 5 heteroatoms. The van der Waals surface area contributed by atoms with Gasteiger partial charge in [0.2, 0.25) is 0 Å². The van der Waals surface area contributed by atoms with Crippen LogP contribution >= 0.6 is 11.6 Å². The lowest BCUT2D eigenvalue weighted by atomic mass is 9.97. The van der Waals surface area contributed by atoms with Gasteiger partial charge >= 0.3 is 5.69 Å². The molecule has 2 rings (SSSR count).